The molecule has 0 aromatic rings. The van der Waals surface area contributed by atoms with E-state index in [-0.39, 0.29) is 11.9 Å². The van der Waals surface area contributed by atoms with Crippen molar-refractivity contribution in [2.75, 3.05) is 33.4 Å². The molecule has 6 nitrogen and oxygen atoms in total. The summed E-state index contributed by atoms with van der Waals surface area (Å²) in [6.45, 7) is 1.79. The SMILES string of the molecule is COCCN(C(=O)N1CC(C(=O)O)C1)C1CC1. The number of likely N-dealkylation sites (tertiary alicyclic amines) is 1. The zero-order valence-corrected chi connectivity index (χ0v) is 9.96. The minimum atomic E-state index is -0.816. The van der Waals surface area contributed by atoms with Crippen molar-refractivity contribution in [3.63, 3.8) is 0 Å². The molecule has 1 N–H and O–H groups in total. The fraction of sp³-hybridized carbons (Fsp3) is 0.818. The van der Waals surface area contributed by atoms with Crippen LogP contribution in [0.5, 0.6) is 0 Å². The molecule has 0 bridgehead atoms. The highest BCUT2D eigenvalue weighted by Crippen LogP contribution is 2.29. The van der Waals surface area contributed by atoms with Gasteiger partial charge in [0.1, 0.15) is 0 Å². The van der Waals surface area contributed by atoms with E-state index in [1.165, 1.54) is 0 Å². The summed E-state index contributed by atoms with van der Waals surface area (Å²) in [6.07, 6.45) is 2.09. The third-order valence-electron chi connectivity index (χ3n) is 3.27. The molecule has 2 aliphatic rings. The summed E-state index contributed by atoms with van der Waals surface area (Å²) >= 11 is 0. The lowest BCUT2D eigenvalue weighted by atomic mass is 10.0. The molecule has 1 saturated carbocycles. The molecule has 0 spiro atoms. The fourth-order valence-corrected chi connectivity index (χ4v) is 1.98. The average molecular weight is 242 g/mol. The molecule has 2 amide bonds. The van der Waals surface area contributed by atoms with Gasteiger partial charge in [0.15, 0.2) is 0 Å². The van der Waals surface area contributed by atoms with E-state index in [9.17, 15) is 9.59 Å². The number of carbonyl (C=O) groups is 2. The van der Waals surface area contributed by atoms with Crippen molar-refractivity contribution < 1.29 is 19.4 Å². The number of carboxylic acid groups (broad SMARTS) is 1. The number of hydrogen-bond acceptors (Lipinski definition) is 3. The molecule has 2 rings (SSSR count). The summed E-state index contributed by atoms with van der Waals surface area (Å²) in [5.41, 5.74) is 0. The number of aliphatic carboxylic acids is 1. The Morgan fingerprint density at radius 2 is 2.06 bits per heavy atom. The molecule has 0 radical (unpaired) electrons. The summed E-state index contributed by atoms with van der Waals surface area (Å²) < 4.78 is 4.98. The molecule has 0 atom stereocenters. The van der Waals surface area contributed by atoms with Crippen LogP contribution in [-0.2, 0) is 9.53 Å². The number of ether oxygens (including phenoxy) is 1. The lowest BCUT2D eigenvalue weighted by Crippen LogP contribution is -2.57. The molecule has 17 heavy (non-hydrogen) atoms. The van der Waals surface area contributed by atoms with Gasteiger partial charge in [0.05, 0.1) is 12.5 Å². The topological polar surface area (TPSA) is 70.1 Å². The molecule has 0 unspecified atom stereocenters. The number of carboxylic acids is 1. The Bertz CT molecular complexity index is 311. The van der Waals surface area contributed by atoms with Crippen molar-refractivity contribution in [1.82, 2.24) is 9.80 Å². The number of carbonyl (C=O) groups excluding carboxylic acids is 1. The van der Waals surface area contributed by atoms with Gasteiger partial charge in [0.25, 0.3) is 0 Å². The Labute approximate surface area is 100 Å². The Morgan fingerprint density at radius 1 is 1.41 bits per heavy atom. The van der Waals surface area contributed by atoms with Crippen LogP contribution in [0.1, 0.15) is 12.8 Å². The van der Waals surface area contributed by atoms with Crippen LogP contribution in [-0.4, -0.2) is 66.3 Å². The van der Waals surface area contributed by atoms with Crippen LogP contribution in [0.4, 0.5) is 4.79 Å². The van der Waals surface area contributed by atoms with Gasteiger partial charge in [-0.25, -0.2) is 4.79 Å². The minimum absolute atomic E-state index is 0.0398. The van der Waals surface area contributed by atoms with Crippen LogP contribution in [0.25, 0.3) is 0 Å². The molecule has 2 fully saturated rings. The average Bonchev–Trinajstić information content (AvgIpc) is 2.99. The van der Waals surface area contributed by atoms with Gasteiger partial charge in [-0.2, -0.15) is 0 Å². The zero-order valence-electron chi connectivity index (χ0n) is 9.96. The number of hydrogen-bond donors (Lipinski definition) is 1. The molecule has 6 heteroatoms. The second-order valence-corrected chi connectivity index (χ2v) is 4.64. The van der Waals surface area contributed by atoms with Gasteiger partial charge >= 0.3 is 12.0 Å². The van der Waals surface area contributed by atoms with Gasteiger partial charge in [-0.3, -0.25) is 4.79 Å². The standard InChI is InChI=1S/C11H18N2O4/c1-17-5-4-13(9-2-3-9)11(16)12-6-8(7-12)10(14)15/h8-9H,2-7H2,1H3,(H,14,15). The van der Waals surface area contributed by atoms with E-state index in [0.29, 0.717) is 32.3 Å². The van der Waals surface area contributed by atoms with E-state index in [0.717, 1.165) is 12.8 Å². The van der Waals surface area contributed by atoms with E-state index < -0.39 is 5.97 Å². The number of rotatable bonds is 5. The van der Waals surface area contributed by atoms with Crippen molar-refractivity contribution in [1.29, 1.82) is 0 Å². The van der Waals surface area contributed by atoms with Gasteiger partial charge in [0.2, 0.25) is 0 Å². The third-order valence-corrected chi connectivity index (χ3v) is 3.27. The van der Waals surface area contributed by atoms with Crippen LogP contribution in [0, 0.1) is 5.92 Å². The summed E-state index contributed by atoms with van der Waals surface area (Å²) in [4.78, 5) is 26.2. The van der Waals surface area contributed by atoms with Gasteiger partial charge in [-0.15, -0.1) is 0 Å². The molecule has 1 aliphatic heterocycles. The van der Waals surface area contributed by atoms with E-state index in [1.54, 1.807) is 12.0 Å². The highest BCUT2D eigenvalue weighted by Gasteiger charge is 2.41. The van der Waals surface area contributed by atoms with E-state index in [2.05, 4.69) is 0 Å². The Balaban J connectivity index is 1.83. The molecular weight excluding hydrogens is 224 g/mol. The second kappa shape index (κ2) is 4.91. The number of urea groups is 1. The maximum absolute atomic E-state index is 12.1. The first-order valence-electron chi connectivity index (χ1n) is 5.90. The minimum Gasteiger partial charge on any atom is -0.481 e. The Kier molecular flexibility index (Phi) is 3.51. The van der Waals surface area contributed by atoms with E-state index in [1.807, 2.05) is 4.90 Å². The maximum Gasteiger partial charge on any atom is 0.320 e. The van der Waals surface area contributed by atoms with Crippen LogP contribution in [0.3, 0.4) is 0 Å². The van der Waals surface area contributed by atoms with Crippen molar-refractivity contribution in [3.05, 3.63) is 0 Å². The Morgan fingerprint density at radius 3 is 2.53 bits per heavy atom. The molecule has 1 saturated heterocycles. The van der Waals surface area contributed by atoms with Crippen molar-refractivity contribution >= 4 is 12.0 Å². The second-order valence-electron chi connectivity index (χ2n) is 4.64. The van der Waals surface area contributed by atoms with Crippen LogP contribution >= 0.6 is 0 Å². The summed E-state index contributed by atoms with van der Waals surface area (Å²) in [6, 6.07) is 0.295. The fourth-order valence-electron chi connectivity index (χ4n) is 1.98. The highest BCUT2D eigenvalue weighted by molar-refractivity contribution is 5.80. The van der Waals surface area contributed by atoms with Crippen molar-refractivity contribution in [3.8, 4) is 0 Å². The number of amides is 2. The molecule has 1 heterocycles. The van der Waals surface area contributed by atoms with Crippen molar-refractivity contribution in [2.24, 2.45) is 5.92 Å². The molecule has 0 aromatic heterocycles. The first kappa shape index (κ1) is 12.2. The van der Waals surface area contributed by atoms with Gasteiger partial charge in [-0.1, -0.05) is 0 Å². The molecule has 96 valence electrons. The third kappa shape index (κ3) is 2.69. The Hall–Kier alpha value is -1.30. The van der Waals surface area contributed by atoms with Crippen LogP contribution in [0.2, 0.25) is 0 Å². The highest BCUT2D eigenvalue weighted by atomic mass is 16.5. The zero-order chi connectivity index (χ0) is 12.4. The smallest absolute Gasteiger partial charge is 0.320 e. The summed E-state index contributed by atoms with van der Waals surface area (Å²) in [5.74, 6) is -1.20. The molecule has 1 aliphatic carbocycles. The molecular formula is C11H18N2O4. The van der Waals surface area contributed by atoms with Crippen LogP contribution in [0.15, 0.2) is 0 Å². The van der Waals surface area contributed by atoms with Gasteiger partial charge in [0, 0.05) is 32.8 Å². The van der Waals surface area contributed by atoms with E-state index in [4.69, 9.17) is 9.84 Å². The largest absolute Gasteiger partial charge is 0.481 e. The number of methoxy groups -OCH3 is 1. The van der Waals surface area contributed by atoms with Crippen LogP contribution < -0.4 is 0 Å². The lowest BCUT2D eigenvalue weighted by molar-refractivity contribution is -0.146. The maximum atomic E-state index is 12.1. The predicted octanol–water partition coefficient (Wildman–Crippen LogP) is 0.234. The number of nitrogens with zero attached hydrogens (tertiary/aromatic N) is 2. The quantitative estimate of drug-likeness (QED) is 0.749. The predicted molar refractivity (Wildman–Crippen MR) is 59.7 cm³/mol. The van der Waals surface area contributed by atoms with Crippen molar-refractivity contribution in [2.45, 2.75) is 18.9 Å². The lowest BCUT2D eigenvalue weighted by Gasteiger charge is -2.40. The monoisotopic (exact) mass is 242 g/mol. The van der Waals surface area contributed by atoms with Gasteiger partial charge < -0.3 is 19.6 Å². The molecule has 0 aromatic carbocycles. The van der Waals surface area contributed by atoms with E-state index >= 15 is 0 Å². The summed E-state index contributed by atoms with van der Waals surface area (Å²) in [7, 11) is 1.61. The normalized spacial score (nSPS) is 19.9. The first-order chi connectivity index (χ1) is 8.13. The van der Waals surface area contributed by atoms with Gasteiger partial charge in [-0.05, 0) is 12.8 Å². The summed E-state index contributed by atoms with van der Waals surface area (Å²) in [5, 5.41) is 8.76. The first-order valence-corrected chi connectivity index (χ1v) is 5.90.